The van der Waals surface area contributed by atoms with Crippen LogP contribution < -0.4 is 4.74 Å². The number of hydrogen-bond acceptors (Lipinski definition) is 5. The minimum Gasteiger partial charge on any atom is -0.497 e. The van der Waals surface area contributed by atoms with E-state index in [2.05, 4.69) is 10.3 Å². The van der Waals surface area contributed by atoms with E-state index in [1.165, 1.54) is 0 Å². The normalized spacial score (nSPS) is 10.6. The molecular formula is C17H18N4O3. The second-order valence-corrected chi connectivity index (χ2v) is 5.45. The summed E-state index contributed by atoms with van der Waals surface area (Å²) in [6, 6.07) is 10.9. The van der Waals surface area contributed by atoms with Crippen LogP contribution in [0.15, 0.2) is 47.1 Å². The minimum atomic E-state index is -0.218. The second kappa shape index (κ2) is 6.57. The van der Waals surface area contributed by atoms with Crippen LogP contribution in [-0.4, -0.2) is 39.9 Å². The molecule has 0 atom stereocenters. The summed E-state index contributed by atoms with van der Waals surface area (Å²) in [7, 11) is 5.15. The van der Waals surface area contributed by atoms with Crippen LogP contribution in [0.2, 0.25) is 0 Å². The molecule has 1 amide bonds. The number of aryl methyl sites for hydroxylation is 1. The Morgan fingerprint density at radius 2 is 2.04 bits per heavy atom. The molecule has 0 unspecified atom stereocenters. The van der Waals surface area contributed by atoms with Gasteiger partial charge < -0.3 is 14.2 Å². The largest absolute Gasteiger partial charge is 0.497 e. The fraction of sp³-hybridized carbons (Fsp3) is 0.235. The van der Waals surface area contributed by atoms with Gasteiger partial charge in [-0.15, -0.1) is 0 Å². The van der Waals surface area contributed by atoms with E-state index < -0.39 is 0 Å². The predicted octanol–water partition coefficient (Wildman–Crippen LogP) is 2.36. The van der Waals surface area contributed by atoms with Crippen molar-refractivity contribution in [3.63, 3.8) is 0 Å². The summed E-state index contributed by atoms with van der Waals surface area (Å²) in [5.41, 5.74) is 1.90. The second-order valence-electron chi connectivity index (χ2n) is 5.45. The van der Waals surface area contributed by atoms with Gasteiger partial charge in [-0.3, -0.25) is 9.48 Å². The van der Waals surface area contributed by atoms with Gasteiger partial charge in [-0.25, -0.2) is 0 Å². The number of amides is 1. The highest BCUT2D eigenvalue weighted by Crippen LogP contribution is 2.23. The lowest BCUT2D eigenvalue weighted by Crippen LogP contribution is -2.26. The quantitative estimate of drug-likeness (QED) is 0.719. The Hall–Kier alpha value is -3.09. The topological polar surface area (TPSA) is 73.4 Å². The van der Waals surface area contributed by atoms with Gasteiger partial charge in [0, 0.05) is 31.9 Å². The van der Waals surface area contributed by atoms with Gasteiger partial charge in [0.2, 0.25) is 0 Å². The van der Waals surface area contributed by atoms with Crippen molar-refractivity contribution in [3.05, 3.63) is 54.0 Å². The van der Waals surface area contributed by atoms with Crippen LogP contribution in [0.3, 0.4) is 0 Å². The van der Waals surface area contributed by atoms with Gasteiger partial charge in [0.05, 0.1) is 19.3 Å². The number of hydrogen-bond donors (Lipinski definition) is 0. The van der Waals surface area contributed by atoms with Crippen LogP contribution in [0.4, 0.5) is 0 Å². The summed E-state index contributed by atoms with van der Waals surface area (Å²) in [4.78, 5) is 14.0. The molecule has 0 aliphatic carbocycles. The lowest BCUT2D eigenvalue weighted by atomic mass is 10.1. The number of aromatic nitrogens is 3. The Morgan fingerprint density at radius 1 is 1.29 bits per heavy atom. The maximum atomic E-state index is 12.4. The van der Waals surface area contributed by atoms with Crippen LogP contribution in [0.25, 0.3) is 11.3 Å². The highest BCUT2D eigenvalue weighted by molar-refractivity contribution is 5.92. The van der Waals surface area contributed by atoms with Crippen molar-refractivity contribution in [1.82, 2.24) is 19.8 Å². The molecule has 3 rings (SSSR count). The Kier molecular flexibility index (Phi) is 4.33. The summed E-state index contributed by atoms with van der Waals surface area (Å²) >= 11 is 0. The SMILES string of the molecule is COc1ccc(-c2cc(C(=O)N(C)Cc3ccn(C)n3)no2)cc1. The first-order valence-corrected chi connectivity index (χ1v) is 7.42. The number of rotatable bonds is 5. The van der Waals surface area contributed by atoms with Crippen LogP contribution in [-0.2, 0) is 13.6 Å². The van der Waals surface area contributed by atoms with E-state index in [1.807, 2.05) is 43.6 Å². The molecule has 124 valence electrons. The van der Waals surface area contributed by atoms with Gasteiger partial charge in [0.25, 0.3) is 5.91 Å². The van der Waals surface area contributed by atoms with E-state index in [4.69, 9.17) is 9.26 Å². The molecule has 0 bridgehead atoms. The molecule has 0 N–H and O–H groups in total. The summed E-state index contributed by atoms with van der Waals surface area (Å²) in [6.45, 7) is 0.407. The molecular weight excluding hydrogens is 308 g/mol. The van der Waals surface area contributed by atoms with Crippen molar-refractivity contribution in [3.8, 4) is 17.1 Å². The molecule has 24 heavy (non-hydrogen) atoms. The molecule has 0 radical (unpaired) electrons. The smallest absolute Gasteiger partial charge is 0.276 e. The number of carbonyl (C=O) groups excluding carboxylic acids is 1. The van der Waals surface area contributed by atoms with Crippen molar-refractivity contribution in [2.45, 2.75) is 6.54 Å². The molecule has 3 aromatic rings. The van der Waals surface area contributed by atoms with Crippen LogP contribution in [0.5, 0.6) is 5.75 Å². The van der Waals surface area contributed by atoms with E-state index in [0.717, 1.165) is 17.0 Å². The fourth-order valence-corrected chi connectivity index (χ4v) is 2.33. The lowest BCUT2D eigenvalue weighted by molar-refractivity contribution is 0.0773. The van der Waals surface area contributed by atoms with Gasteiger partial charge in [-0.2, -0.15) is 5.10 Å². The molecule has 2 heterocycles. The number of benzene rings is 1. The van der Waals surface area contributed by atoms with Gasteiger partial charge in [0.15, 0.2) is 11.5 Å². The van der Waals surface area contributed by atoms with E-state index in [-0.39, 0.29) is 11.6 Å². The molecule has 0 aliphatic heterocycles. The Balaban J connectivity index is 1.72. The Labute approximate surface area is 139 Å². The molecule has 7 heteroatoms. The zero-order chi connectivity index (χ0) is 17.1. The maximum absolute atomic E-state index is 12.4. The number of methoxy groups -OCH3 is 1. The third-order valence-corrected chi connectivity index (χ3v) is 3.62. The van der Waals surface area contributed by atoms with Gasteiger partial charge in [-0.1, -0.05) is 5.16 Å². The number of ether oxygens (including phenoxy) is 1. The van der Waals surface area contributed by atoms with Crippen LogP contribution in [0, 0.1) is 0 Å². The van der Waals surface area contributed by atoms with Gasteiger partial charge in [-0.05, 0) is 30.3 Å². The molecule has 0 fully saturated rings. The summed E-state index contributed by atoms with van der Waals surface area (Å²) in [5.74, 6) is 1.07. The average molecular weight is 326 g/mol. The van der Waals surface area contributed by atoms with E-state index >= 15 is 0 Å². The molecule has 0 saturated carbocycles. The standard InChI is InChI=1S/C17H18N4O3/c1-20(11-13-8-9-21(2)18-13)17(22)15-10-16(24-19-15)12-4-6-14(23-3)7-5-12/h4-10H,11H2,1-3H3. The molecule has 0 saturated heterocycles. The zero-order valence-corrected chi connectivity index (χ0v) is 13.8. The fourth-order valence-electron chi connectivity index (χ4n) is 2.33. The van der Waals surface area contributed by atoms with E-state index in [1.54, 1.807) is 29.8 Å². The number of carbonyl (C=O) groups is 1. The maximum Gasteiger partial charge on any atom is 0.276 e. The first kappa shape index (κ1) is 15.8. The summed E-state index contributed by atoms with van der Waals surface area (Å²) < 4.78 is 12.1. The monoisotopic (exact) mass is 326 g/mol. The highest BCUT2D eigenvalue weighted by Gasteiger charge is 2.18. The van der Waals surface area contributed by atoms with Crippen molar-refractivity contribution in [2.24, 2.45) is 7.05 Å². The third-order valence-electron chi connectivity index (χ3n) is 3.62. The van der Waals surface area contributed by atoms with Crippen molar-refractivity contribution >= 4 is 5.91 Å². The molecule has 1 aromatic carbocycles. The highest BCUT2D eigenvalue weighted by atomic mass is 16.5. The van der Waals surface area contributed by atoms with E-state index in [9.17, 15) is 4.79 Å². The predicted molar refractivity (Wildman–Crippen MR) is 87.5 cm³/mol. The average Bonchev–Trinajstić information content (AvgIpc) is 3.23. The van der Waals surface area contributed by atoms with Gasteiger partial charge >= 0.3 is 0 Å². The van der Waals surface area contributed by atoms with Crippen LogP contribution in [0.1, 0.15) is 16.2 Å². The van der Waals surface area contributed by atoms with Crippen molar-refractivity contribution in [2.75, 3.05) is 14.2 Å². The summed E-state index contributed by atoms with van der Waals surface area (Å²) in [6.07, 6.45) is 1.84. The summed E-state index contributed by atoms with van der Waals surface area (Å²) in [5, 5.41) is 8.14. The minimum absolute atomic E-state index is 0.218. The Bertz CT molecular complexity index is 836. The van der Waals surface area contributed by atoms with Gasteiger partial charge in [0.1, 0.15) is 5.75 Å². The Morgan fingerprint density at radius 3 is 2.67 bits per heavy atom. The molecule has 0 spiro atoms. The third kappa shape index (κ3) is 3.29. The molecule has 2 aromatic heterocycles. The van der Waals surface area contributed by atoms with E-state index in [0.29, 0.717) is 12.3 Å². The molecule has 0 aliphatic rings. The van der Waals surface area contributed by atoms with Crippen molar-refractivity contribution < 1.29 is 14.1 Å². The first-order valence-electron chi connectivity index (χ1n) is 7.42. The molecule has 7 nitrogen and oxygen atoms in total. The van der Waals surface area contributed by atoms with Crippen molar-refractivity contribution in [1.29, 1.82) is 0 Å². The first-order chi connectivity index (χ1) is 11.6. The lowest BCUT2D eigenvalue weighted by Gasteiger charge is -2.13. The zero-order valence-electron chi connectivity index (χ0n) is 13.8. The van der Waals surface area contributed by atoms with Crippen LogP contribution >= 0.6 is 0 Å². The number of nitrogens with zero attached hydrogens (tertiary/aromatic N) is 4.